The van der Waals surface area contributed by atoms with Crippen molar-refractivity contribution in [3.05, 3.63) is 0 Å². The van der Waals surface area contributed by atoms with Crippen LogP contribution in [0.25, 0.3) is 0 Å². The van der Waals surface area contributed by atoms with Gasteiger partial charge in [-0.05, 0) is 21.0 Å². The van der Waals surface area contributed by atoms with Crippen LogP contribution >= 0.6 is 11.8 Å². The molecule has 0 fully saturated rings. The lowest BCUT2D eigenvalue weighted by atomic mass is 10.3. The van der Waals surface area contributed by atoms with Crippen LogP contribution < -0.4 is 0 Å². The summed E-state index contributed by atoms with van der Waals surface area (Å²) in [6.45, 7) is 9.05. The molecule has 0 radical (unpaired) electrons. The molecular formula is C9H21NS. The van der Waals surface area contributed by atoms with E-state index in [1.54, 1.807) is 0 Å². The maximum absolute atomic E-state index is 2.26. The van der Waals surface area contributed by atoms with Crippen molar-refractivity contribution in [2.75, 3.05) is 19.8 Å². The summed E-state index contributed by atoms with van der Waals surface area (Å²) in [5, 5.41) is 0. The second-order valence-electron chi connectivity index (χ2n) is 4.24. The number of hydrogen-bond donors (Lipinski definition) is 0. The summed E-state index contributed by atoms with van der Waals surface area (Å²) < 4.78 is 0.407. The molecule has 0 bridgehead atoms. The van der Waals surface area contributed by atoms with Crippen molar-refractivity contribution in [1.29, 1.82) is 0 Å². The minimum atomic E-state index is 0.407. The summed E-state index contributed by atoms with van der Waals surface area (Å²) in [6.07, 6.45) is 0. The second kappa shape index (κ2) is 4.36. The molecule has 0 aromatic carbocycles. The Morgan fingerprint density at radius 1 is 1.27 bits per heavy atom. The smallest absolute Gasteiger partial charge is 0.0152 e. The Labute approximate surface area is 75.5 Å². The van der Waals surface area contributed by atoms with Crippen LogP contribution in [0.2, 0.25) is 0 Å². The van der Waals surface area contributed by atoms with Crippen LogP contribution in [0.1, 0.15) is 27.7 Å². The van der Waals surface area contributed by atoms with E-state index in [4.69, 9.17) is 0 Å². The summed E-state index contributed by atoms with van der Waals surface area (Å²) in [6, 6.07) is 0.680. The van der Waals surface area contributed by atoms with Gasteiger partial charge in [-0.3, -0.25) is 0 Å². The van der Waals surface area contributed by atoms with Gasteiger partial charge in [-0.2, -0.15) is 11.8 Å². The van der Waals surface area contributed by atoms with Crippen LogP contribution in [0.15, 0.2) is 0 Å². The van der Waals surface area contributed by atoms with Crippen LogP contribution in [0.3, 0.4) is 0 Å². The largest absolute Gasteiger partial charge is 0.306 e. The Bertz CT molecular complexity index is 105. The molecule has 1 unspecified atom stereocenters. The van der Waals surface area contributed by atoms with Gasteiger partial charge in [0.2, 0.25) is 0 Å². The number of nitrogens with zero attached hydrogens (tertiary/aromatic N) is 1. The van der Waals surface area contributed by atoms with Crippen molar-refractivity contribution >= 4 is 11.8 Å². The van der Waals surface area contributed by atoms with E-state index in [9.17, 15) is 0 Å². The summed E-state index contributed by atoms with van der Waals surface area (Å²) in [4.78, 5) is 2.26. The molecule has 0 aliphatic rings. The lowest BCUT2D eigenvalue weighted by Gasteiger charge is -2.24. The molecule has 1 atom stereocenters. The highest BCUT2D eigenvalue weighted by Crippen LogP contribution is 2.24. The number of rotatable bonds is 3. The van der Waals surface area contributed by atoms with Crippen LogP contribution in [0.4, 0.5) is 0 Å². The van der Waals surface area contributed by atoms with Crippen LogP contribution in [-0.4, -0.2) is 35.5 Å². The molecule has 0 aliphatic carbocycles. The third-order valence-corrected chi connectivity index (χ3v) is 3.15. The van der Waals surface area contributed by atoms with E-state index < -0.39 is 0 Å². The number of thioether (sulfide) groups is 1. The molecule has 11 heavy (non-hydrogen) atoms. The Hall–Kier alpha value is 0.310. The molecule has 1 nitrogen and oxygen atoms in total. The molecule has 0 rings (SSSR count). The maximum Gasteiger partial charge on any atom is 0.0152 e. The summed E-state index contributed by atoms with van der Waals surface area (Å²) in [7, 11) is 4.27. The molecule has 0 amide bonds. The van der Waals surface area contributed by atoms with Crippen LogP contribution in [0.5, 0.6) is 0 Å². The van der Waals surface area contributed by atoms with Crippen molar-refractivity contribution < 1.29 is 0 Å². The fraction of sp³-hybridized carbons (Fsp3) is 1.00. The zero-order chi connectivity index (χ0) is 9.07. The second-order valence-corrected chi connectivity index (χ2v) is 6.08. The molecule has 2 heteroatoms. The minimum Gasteiger partial charge on any atom is -0.306 e. The third-order valence-electron chi connectivity index (χ3n) is 1.64. The standard InChI is InChI=1S/C9H21NS/c1-8(10(5)6)7-11-9(2,3)4/h8H,7H2,1-6H3. The van der Waals surface area contributed by atoms with Gasteiger partial charge in [-0.25, -0.2) is 0 Å². The highest BCUT2D eigenvalue weighted by Gasteiger charge is 2.13. The van der Waals surface area contributed by atoms with Gasteiger partial charge >= 0.3 is 0 Å². The van der Waals surface area contributed by atoms with Gasteiger partial charge in [0.05, 0.1) is 0 Å². The van der Waals surface area contributed by atoms with Gasteiger partial charge in [0, 0.05) is 16.5 Å². The summed E-state index contributed by atoms with van der Waals surface area (Å²) in [5.41, 5.74) is 0. The van der Waals surface area contributed by atoms with E-state index in [-0.39, 0.29) is 0 Å². The molecule has 0 spiro atoms. The van der Waals surface area contributed by atoms with E-state index in [0.717, 1.165) is 0 Å². The first-order valence-corrected chi connectivity index (χ1v) is 5.12. The molecule has 0 aromatic rings. The fourth-order valence-electron chi connectivity index (χ4n) is 0.520. The third kappa shape index (κ3) is 6.70. The summed E-state index contributed by atoms with van der Waals surface area (Å²) in [5.74, 6) is 1.22. The van der Waals surface area contributed by atoms with Crippen molar-refractivity contribution in [3.8, 4) is 0 Å². The number of hydrogen-bond acceptors (Lipinski definition) is 2. The molecule has 0 aromatic heterocycles. The van der Waals surface area contributed by atoms with Gasteiger partial charge < -0.3 is 4.90 Å². The molecule has 0 saturated carbocycles. The fourth-order valence-corrected chi connectivity index (χ4v) is 1.56. The Morgan fingerprint density at radius 3 is 2.00 bits per heavy atom. The maximum atomic E-state index is 2.26. The van der Waals surface area contributed by atoms with Gasteiger partial charge in [-0.1, -0.05) is 20.8 Å². The molecule has 0 heterocycles. The topological polar surface area (TPSA) is 3.24 Å². The molecular weight excluding hydrogens is 154 g/mol. The zero-order valence-electron chi connectivity index (χ0n) is 8.64. The monoisotopic (exact) mass is 175 g/mol. The van der Waals surface area contributed by atoms with Crippen molar-refractivity contribution in [1.82, 2.24) is 4.90 Å². The first-order valence-electron chi connectivity index (χ1n) is 4.13. The quantitative estimate of drug-likeness (QED) is 0.648. The van der Waals surface area contributed by atoms with Crippen molar-refractivity contribution in [2.24, 2.45) is 0 Å². The van der Waals surface area contributed by atoms with Crippen LogP contribution in [0, 0.1) is 0 Å². The lowest BCUT2D eigenvalue weighted by molar-refractivity contribution is 0.339. The van der Waals surface area contributed by atoms with E-state index in [0.29, 0.717) is 10.8 Å². The molecule has 0 N–H and O–H groups in total. The van der Waals surface area contributed by atoms with Crippen molar-refractivity contribution in [2.45, 2.75) is 38.5 Å². The summed E-state index contributed by atoms with van der Waals surface area (Å²) >= 11 is 2.03. The average molecular weight is 175 g/mol. The van der Waals surface area contributed by atoms with Crippen LogP contribution in [-0.2, 0) is 0 Å². The predicted octanol–water partition coefficient (Wildman–Crippen LogP) is 2.47. The van der Waals surface area contributed by atoms with Gasteiger partial charge in [-0.15, -0.1) is 0 Å². The Kier molecular flexibility index (Phi) is 4.49. The Morgan fingerprint density at radius 2 is 1.73 bits per heavy atom. The van der Waals surface area contributed by atoms with E-state index in [1.165, 1.54) is 5.75 Å². The van der Waals surface area contributed by atoms with Crippen molar-refractivity contribution in [3.63, 3.8) is 0 Å². The molecule has 0 saturated heterocycles. The Balaban J connectivity index is 3.54. The zero-order valence-corrected chi connectivity index (χ0v) is 9.46. The molecule has 0 aliphatic heterocycles. The van der Waals surface area contributed by atoms with Gasteiger partial charge in [0.1, 0.15) is 0 Å². The van der Waals surface area contributed by atoms with E-state index >= 15 is 0 Å². The predicted molar refractivity (Wildman–Crippen MR) is 55.4 cm³/mol. The highest BCUT2D eigenvalue weighted by atomic mass is 32.2. The molecule has 68 valence electrons. The normalized spacial score (nSPS) is 15.5. The van der Waals surface area contributed by atoms with E-state index in [2.05, 4.69) is 46.7 Å². The van der Waals surface area contributed by atoms with Gasteiger partial charge in [0.25, 0.3) is 0 Å². The van der Waals surface area contributed by atoms with E-state index in [1.807, 2.05) is 11.8 Å². The first-order chi connectivity index (χ1) is 4.83. The van der Waals surface area contributed by atoms with Gasteiger partial charge in [0.15, 0.2) is 0 Å². The lowest BCUT2D eigenvalue weighted by Crippen LogP contribution is -2.28. The SMILES string of the molecule is CC(CSC(C)(C)C)N(C)C. The average Bonchev–Trinajstić information content (AvgIpc) is 1.80. The first kappa shape index (κ1) is 11.3. The highest BCUT2D eigenvalue weighted by molar-refractivity contribution is 8.00. The minimum absolute atomic E-state index is 0.407.